The maximum absolute atomic E-state index is 12.7. The molecule has 1 amide bonds. The van der Waals surface area contributed by atoms with E-state index in [1.807, 2.05) is 15.7 Å². The first-order valence-electron chi connectivity index (χ1n) is 7.68. The third kappa shape index (κ3) is 3.22. The molecule has 1 aliphatic heterocycles. The zero-order valence-electron chi connectivity index (χ0n) is 12.2. The highest BCUT2D eigenvalue weighted by Gasteiger charge is 2.31. The molecule has 1 saturated carbocycles. The van der Waals surface area contributed by atoms with Crippen LogP contribution in [0.4, 0.5) is 5.69 Å². The molecule has 0 atom stereocenters. The van der Waals surface area contributed by atoms with Crippen LogP contribution >= 0.6 is 0 Å². The molecule has 116 valence electrons. The summed E-state index contributed by atoms with van der Waals surface area (Å²) in [6.07, 6.45) is 5.94. The standard InChI is InChI=1S/C15H23N3O3/c16-11-9-14(18(10-11)12-1-2-12)15(20)17-5-3-13(4-6-17)21-8-7-19/h9-10,12-13,19H,1-8,16H2. The highest BCUT2D eigenvalue weighted by atomic mass is 16.5. The first kappa shape index (κ1) is 14.4. The molecule has 0 bridgehead atoms. The van der Waals surface area contributed by atoms with Gasteiger partial charge in [-0.15, -0.1) is 0 Å². The van der Waals surface area contributed by atoms with Crippen LogP contribution in [0, 0.1) is 0 Å². The van der Waals surface area contributed by atoms with Gasteiger partial charge in [-0.3, -0.25) is 4.79 Å². The van der Waals surface area contributed by atoms with Gasteiger partial charge >= 0.3 is 0 Å². The summed E-state index contributed by atoms with van der Waals surface area (Å²) >= 11 is 0. The lowest BCUT2D eigenvalue weighted by Gasteiger charge is -2.32. The number of nitrogens with zero attached hydrogens (tertiary/aromatic N) is 2. The second-order valence-corrected chi connectivity index (χ2v) is 5.88. The average molecular weight is 293 g/mol. The van der Waals surface area contributed by atoms with Crippen LogP contribution in [0.2, 0.25) is 0 Å². The Morgan fingerprint density at radius 2 is 2.05 bits per heavy atom. The summed E-state index contributed by atoms with van der Waals surface area (Å²) in [4.78, 5) is 14.5. The van der Waals surface area contributed by atoms with E-state index in [0.29, 0.717) is 37.1 Å². The van der Waals surface area contributed by atoms with Gasteiger partial charge in [-0.1, -0.05) is 0 Å². The molecule has 1 saturated heterocycles. The second kappa shape index (κ2) is 6.07. The number of amides is 1. The molecule has 1 aromatic rings. The molecule has 0 unspecified atom stereocenters. The van der Waals surface area contributed by atoms with Crippen molar-refractivity contribution in [2.45, 2.75) is 37.8 Å². The van der Waals surface area contributed by atoms with Gasteiger partial charge in [-0.2, -0.15) is 0 Å². The van der Waals surface area contributed by atoms with Gasteiger partial charge in [0.15, 0.2) is 0 Å². The zero-order valence-corrected chi connectivity index (χ0v) is 12.2. The van der Waals surface area contributed by atoms with Crippen molar-refractivity contribution in [1.29, 1.82) is 0 Å². The highest BCUT2D eigenvalue weighted by Crippen LogP contribution is 2.37. The minimum absolute atomic E-state index is 0.0489. The monoisotopic (exact) mass is 293 g/mol. The van der Waals surface area contributed by atoms with E-state index >= 15 is 0 Å². The minimum atomic E-state index is 0.0489. The van der Waals surface area contributed by atoms with Crippen molar-refractivity contribution < 1.29 is 14.6 Å². The zero-order chi connectivity index (χ0) is 14.8. The molecule has 2 heterocycles. The van der Waals surface area contributed by atoms with E-state index in [0.717, 1.165) is 25.7 Å². The number of aliphatic hydroxyl groups excluding tert-OH is 1. The van der Waals surface area contributed by atoms with Crippen LogP contribution in [0.5, 0.6) is 0 Å². The quantitative estimate of drug-likeness (QED) is 0.849. The van der Waals surface area contributed by atoms with Gasteiger partial charge in [-0.25, -0.2) is 0 Å². The van der Waals surface area contributed by atoms with Gasteiger partial charge in [0.1, 0.15) is 5.69 Å². The van der Waals surface area contributed by atoms with Crippen LogP contribution in [0.3, 0.4) is 0 Å². The number of aromatic nitrogens is 1. The van der Waals surface area contributed by atoms with E-state index in [1.54, 1.807) is 6.07 Å². The largest absolute Gasteiger partial charge is 0.397 e. The molecule has 6 heteroatoms. The van der Waals surface area contributed by atoms with Crippen molar-refractivity contribution in [1.82, 2.24) is 9.47 Å². The van der Waals surface area contributed by atoms with Crippen molar-refractivity contribution >= 4 is 11.6 Å². The van der Waals surface area contributed by atoms with Gasteiger partial charge < -0.3 is 25.0 Å². The lowest BCUT2D eigenvalue weighted by molar-refractivity contribution is -0.00573. The van der Waals surface area contributed by atoms with E-state index in [9.17, 15) is 4.79 Å². The summed E-state index contributed by atoms with van der Waals surface area (Å²) in [6, 6.07) is 2.24. The van der Waals surface area contributed by atoms with Crippen LogP contribution in [-0.4, -0.2) is 52.9 Å². The fraction of sp³-hybridized carbons (Fsp3) is 0.667. The fourth-order valence-corrected chi connectivity index (χ4v) is 2.93. The van der Waals surface area contributed by atoms with Crippen LogP contribution < -0.4 is 5.73 Å². The maximum Gasteiger partial charge on any atom is 0.270 e. The van der Waals surface area contributed by atoms with Crippen LogP contribution in [0.1, 0.15) is 42.2 Å². The molecule has 2 fully saturated rings. The van der Waals surface area contributed by atoms with Crippen LogP contribution in [-0.2, 0) is 4.74 Å². The number of ether oxygens (including phenoxy) is 1. The Kier molecular flexibility index (Phi) is 4.17. The number of nitrogens with two attached hydrogens (primary N) is 1. The number of carbonyl (C=O) groups excluding carboxylic acids is 1. The molecule has 6 nitrogen and oxygen atoms in total. The van der Waals surface area contributed by atoms with E-state index in [-0.39, 0.29) is 18.6 Å². The molecule has 2 aliphatic rings. The van der Waals surface area contributed by atoms with Crippen molar-refractivity contribution in [2.24, 2.45) is 0 Å². The molecule has 3 rings (SSSR count). The number of nitrogen functional groups attached to an aromatic ring is 1. The van der Waals surface area contributed by atoms with Gasteiger partial charge in [0, 0.05) is 25.3 Å². The number of likely N-dealkylation sites (tertiary alicyclic amines) is 1. The predicted molar refractivity (Wildman–Crippen MR) is 79.1 cm³/mol. The smallest absolute Gasteiger partial charge is 0.270 e. The van der Waals surface area contributed by atoms with Gasteiger partial charge in [0.2, 0.25) is 0 Å². The summed E-state index contributed by atoms with van der Waals surface area (Å²) in [5.74, 6) is 0.0687. The molecular formula is C15H23N3O3. The molecule has 0 radical (unpaired) electrons. The van der Waals surface area contributed by atoms with E-state index in [4.69, 9.17) is 15.6 Å². The average Bonchev–Trinajstić information content (AvgIpc) is 3.27. The topological polar surface area (TPSA) is 80.7 Å². The first-order chi connectivity index (χ1) is 10.2. The number of aliphatic hydroxyl groups is 1. The third-order valence-electron chi connectivity index (χ3n) is 4.20. The van der Waals surface area contributed by atoms with E-state index in [2.05, 4.69) is 0 Å². The third-order valence-corrected chi connectivity index (χ3v) is 4.20. The van der Waals surface area contributed by atoms with Crippen molar-refractivity contribution in [3.8, 4) is 0 Å². The Hall–Kier alpha value is -1.53. The van der Waals surface area contributed by atoms with E-state index < -0.39 is 0 Å². The van der Waals surface area contributed by atoms with Crippen LogP contribution in [0.15, 0.2) is 12.3 Å². The number of hydrogen-bond donors (Lipinski definition) is 2. The molecule has 21 heavy (non-hydrogen) atoms. The van der Waals surface area contributed by atoms with Gasteiger partial charge in [-0.05, 0) is 31.7 Å². The SMILES string of the molecule is Nc1cc(C(=O)N2CCC(OCCO)CC2)n(C2CC2)c1. The summed E-state index contributed by atoms with van der Waals surface area (Å²) in [7, 11) is 0. The molecule has 1 aliphatic carbocycles. The maximum atomic E-state index is 12.7. The molecule has 1 aromatic heterocycles. The minimum Gasteiger partial charge on any atom is -0.397 e. The summed E-state index contributed by atoms with van der Waals surface area (Å²) in [5, 5.41) is 8.77. The second-order valence-electron chi connectivity index (χ2n) is 5.88. The Morgan fingerprint density at radius 3 is 2.67 bits per heavy atom. The lowest BCUT2D eigenvalue weighted by Crippen LogP contribution is -2.41. The summed E-state index contributed by atoms with van der Waals surface area (Å²) in [6.45, 7) is 1.82. The number of hydrogen-bond acceptors (Lipinski definition) is 4. The number of carbonyl (C=O) groups is 1. The fourth-order valence-electron chi connectivity index (χ4n) is 2.93. The van der Waals surface area contributed by atoms with Crippen molar-refractivity contribution in [3.05, 3.63) is 18.0 Å². The number of piperidine rings is 1. The summed E-state index contributed by atoms with van der Waals surface area (Å²) in [5.41, 5.74) is 7.23. The first-order valence-corrected chi connectivity index (χ1v) is 7.68. The Labute approximate surface area is 124 Å². The highest BCUT2D eigenvalue weighted by molar-refractivity contribution is 5.94. The Bertz CT molecular complexity index is 502. The normalized spacial score (nSPS) is 20.0. The van der Waals surface area contributed by atoms with E-state index in [1.165, 1.54) is 0 Å². The van der Waals surface area contributed by atoms with Crippen LogP contribution in [0.25, 0.3) is 0 Å². The van der Waals surface area contributed by atoms with Gasteiger partial charge in [0.25, 0.3) is 5.91 Å². The number of anilines is 1. The Balaban J connectivity index is 1.61. The van der Waals surface area contributed by atoms with Gasteiger partial charge in [0.05, 0.1) is 25.0 Å². The predicted octanol–water partition coefficient (Wildman–Crippen LogP) is 1.02. The Morgan fingerprint density at radius 1 is 1.33 bits per heavy atom. The molecule has 3 N–H and O–H groups in total. The number of rotatable bonds is 5. The molecule has 0 aromatic carbocycles. The van der Waals surface area contributed by atoms with Crippen molar-refractivity contribution in [2.75, 3.05) is 32.0 Å². The lowest BCUT2D eigenvalue weighted by atomic mass is 10.1. The molecular weight excluding hydrogens is 270 g/mol. The van der Waals surface area contributed by atoms with Crippen molar-refractivity contribution in [3.63, 3.8) is 0 Å². The summed E-state index contributed by atoms with van der Waals surface area (Å²) < 4.78 is 7.56. The molecule has 0 spiro atoms.